The molecule has 3 rings (SSSR count). The molecule has 1 aromatic rings. The van der Waals surface area contributed by atoms with Gasteiger partial charge in [0.1, 0.15) is 12.7 Å². The smallest absolute Gasteiger partial charge is 0.224 e. The van der Waals surface area contributed by atoms with E-state index in [-0.39, 0.29) is 17.2 Å². The first-order valence-corrected chi connectivity index (χ1v) is 9.85. The van der Waals surface area contributed by atoms with Crippen molar-refractivity contribution in [2.24, 2.45) is 11.3 Å². The standard InChI is InChI=1S/C19H31N5O2/c1-16(2)5-11-24-13-19(8-4-17(24)25)7-3-9-23(12-19)18(26)6-10-22-14-20-21-15-22/h14-16H,3-13H2,1-2H3. The number of carbonyl (C=O) groups excluding carboxylic acids is 2. The molecule has 1 aromatic heterocycles. The van der Waals surface area contributed by atoms with Crippen LogP contribution in [-0.2, 0) is 16.1 Å². The van der Waals surface area contributed by atoms with E-state index in [1.807, 2.05) is 9.47 Å². The Morgan fingerprint density at radius 1 is 1.19 bits per heavy atom. The lowest BCUT2D eigenvalue weighted by atomic mass is 9.73. The average molecular weight is 361 g/mol. The molecule has 2 aliphatic rings. The Morgan fingerprint density at radius 3 is 2.69 bits per heavy atom. The minimum Gasteiger partial charge on any atom is -0.342 e. The molecule has 7 heteroatoms. The van der Waals surface area contributed by atoms with E-state index < -0.39 is 0 Å². The highest BCUT2D eigenvalue weighted by atomic mass is 16.2. The summed E-state index contributed by atoms with van der Waals surface area (Å²) in [5, 5.41) is 7.55. The van der Waals surface area contributed by atoms with Crippen LogP contribution in [0.3, 0.4) is 0 Å². The maximum Gasteiger partial charge on any atom is 0.224 e. The third-order valence-electron chi connectivity index (χ3n) is 5.79. The van der Waals surface area contributed by atoms with Gasteiger partial charge in [0.2, 0.25) is 11.8 Å². The predicted molar refractivity (Wildman–Crippen MR) is 98.2 cm³/mol. The van der Waals surface area contributed by atoms with Gasteiger partial charge in [-0.1, -0.05) is 13.8 Å². The Kier molecular flexibility index (Phi) is 5.94. The summed E-state index contributed by atoms with van der Waals surface area (Å²) in [6.45, 7) is 8.30. The SMILES string of the molecule is CC(C)CCN1CC2(CCCN(C(=O)CCn3cnnc3)C2)CCC1=O. The first kappa shape index (κ1) is 18.9. The van der Waals surface area contributed by atoms with Crippen LogP contribution < -0.4 is 0 Å². The summed E-state index contributed by atoms with van der Waals surface area (Å²) < 4.78 is 1.84. The van der Waals surface area contributed by atoms with Gasteiger partial charge in [-0.05, 0) is 31.6 Å². The monoisotopic (exact) mass is 361 g/mol. The second-order valence-electron chi connectivity index (χ2n) is 8.37. The van der Waals surface area contributed by atoms with Gasteiger partial charge < -0.3 is 14.4 Å². The van der Waals surface area contributed by atoms with E-state index in [0.29, 0.717) is 25.3 Å². The lowest BCUT2D eigenvalue weighted by Gasteiger charge is -2.48. The molecule has 0 radical (unpaired) electrons. The molecule has 7 nitrogen and oxygen atoms in total. The lowest BCUT2D eigenvalue weighted by molar-refractivity contribution is -0.143. The number of amides is 2. The van der Waals surface area contributed by atoms with Crippen molar-refractivity contribution in [1.29, 1.82) is 0 Å². The molecule has 2 amide bonds. The summed E-state index contributed by atoms with van der Waals surface area (Å²) in [5.74, 6) is 1.08. The zero-order chi connectivity index (χ0) is 18.6. The number of hydrogen-bond donors (Lipinski definition) is 0. The minimum atomic E-state index is 0.0926. The summed E-state index contributed by atoms with van der Waals surface area (Å²) in [4.78, 5) is 29.1. The zero-order valence-corrected chi connectivity index (χ0v) is 16.1. The molecule has 2 fully saturated rings. The molecular weight excluding hydrogens is 330 g/mol. The van der Waals surface area contributed by atoms with Gasteiger partial charge in [-0.25, -0.2) is 0 Å². The topological polar surface area (TPSA) is 71.3 Å². The zero-order valence-electron chi connectivity index (χ0n) is 16.1. The fourth-order valence-electron chi connectivity index (χ4n) is 4.19. The molecule has 144 valence electrons. The summed E-state index contributed by atoms with van der Waals surface area (Å²) >= 11 is 0. The molecule has 0 N–H and O–H groups in total. The highest BCUT2D eigenvalue weighted by Crippen LogP contribution is 2.39. The summed E-state index contributed by atoms with van der Waals surface area (Å²) in [6, 6.07) is 0. The molecule has 1 atom stereocenters. The van der Waals surface area contributed by atoms with Crippen LogP contribution in [0, 0.1) is 11.3 Å². The van der Waals surface area contributed by atoms with Crippen molar-refractivity contribution in [3.63, 3.8) is 0 Å². The van der Waals surface area contributed by atoms with Crippen molar-refractivity contribution in [3.8, 4) is 0 Å². The molecule has 2 aliphatic heterocycles. The van der Waals surface area contributed by atoms with Crippen molar-refractivity contribution in [2.75, 3.05) is 26.2 Å². The van der Waals surface area contributed by atoms with Gasteiger partial charge in [0.15, 0.2) is 0 Å². The molecule has 0 bridgehead atoms. The average Bonchev–Trinajstić information content (AvgIpc) is 3.14. The van der Waals surface area contributed by atoms with Crippen molar-refractivity contribution >= 4 is 11.8 Å². The molecule has 0 aromatic carbocycles. The second kappa shape index (κ2) is 8.18. The Morgan fingerprint density at radius 2 is 1.96 bits per heavy atom. The Hall–Kier alpha value is -1.92. The largest absolute Gasteiger partial charge is 0.342 e. The number of carbonyl (C=O) groups is 2. The van der Waals surface area contributed by atoms with Crippen LogP contribution in [0.5, 0.6) is 0 Å². The number of rotatable bonds is 6. The summed E-state index contributed by atoms with van der Waals surface area (Å²) in [5.41, 5.74) is 0.0926. The fraction of sp³-hybridized carbons (Fsp3) is 0.789. The first-order chi connectivity index (χ1) is 12.5. The van der Waals surface area contributed by atoms with Crippen LogP contribution in [0.2, 0.25) is 0 Å². The number of aromatic nitrogens is 3. The highest BCUT2D eigenvalue weighted by molar-refractivity contribution is 5.78. The highest BCUT2D eigenvalue weighted by Gasteiger charge is 2.42. The van der Waals surface area contributed by atoms with Crippen molar-refractivity contribution in [1.82, 2.24) is 24.6 Å². The van der Waals surface area contributed by atoms with Gasteiger partial charge in [-0.2, -0.15) is 0 Å². The van der Waals surface area contributed by atoms with E-state index in [1.165, 1.54) is 0 Å². The van der Waals surface area contributed by atoms with E-state index in [9.17, 15) is 9.59 Å². The van der Waals surface area contributed by atoms with Crippen LogP contribution in [0.15, 0.2) is 12.7 Å². The molecule has 3 heterocycles. The molecule has 2 saturated heterocycles. The Labute approximate surface area is 155 Å². The number of nitrogens with zero attached hydrogens (tertiary/aromatic N) is 5. The number of piperidine rings is 2. The third-order valence-corrected chi connectivity index (χ3v) is 5.79. The minimum absolute atomic E-state index is 0.0926. The Balaban J connectivity index is 1.57. The van der Waals surface area contributed by atoms with Crippen LogP contribution in [0.1, 0.15) is 52.4 Å². The fourth-order valence-corrected chi connectivity index (χ4v) is 4.19. The van der Waals surface area contributed by atoms with Gasteiger partial charge >= 0.3 is 0 Å². The molecule has 1 unspecified atom stereocenters. The molecule has 1 spiro atoms. The van der Waals surface area contributed by atoms with Gasteiger partial charge in [0.05, 0.1) is 0 Å². The maximum atomic E-state index is 12.7. The third kappa shape index (κ3) is 4.62. The molecule has 26 heavy (non-hydrogen) atoms. The van der Waals surface area contributed by atoms with E-state index in [2.05, 4.69) is 28.9 Å². The number of aryl methyl sites for hydroxylation is 1. The maximum absolute atomic E-state index is 12.7. The molecule has 0 aliphatic carbocycles. The van der Waals surface area contributed by atoms with Crippen LogP contribution in [0.4, 0.5) is 0 Å². The Bertz CT molecular complexity index is 615. The summed E-state index contributed by atoms with van der Waals surface area (Å²) in [7, 11) is 0. The molecule has 0 saturated carbocycles. The van der Waals surface area contributed by atoms with Gasteiger partial charge in [0.25, 0.3) is 0 Å². The van der Waals surface area contributed by atoms with Crippen molar-refractivity contribution in [2.45, 2.75) is 58.9 Å². The lowest BCUT2D eigenvalue weighted by Crippen LogP contribution is -2.55. The quantitative estimate of drug-likeness (QED) is 0.776. The molecular formula is C19H31N5O2. The number of likely N-dealkylation sites (tertiary alicyclic amines) is 2. The van der Waals surface area contributed by atoms with Gasteiger partial charge in [0, 0.05) is 51.0 Å². The van der Waals surface area contributed by atoms with Crippen LogP contribution in [0.25, 0.3) is 0 Å². The van der Waals surface area contributed by atoms with Crippen molar-refractivity contribution < 1.29 is 9.59 Å². The van der Waals surface area contributed by atoms with Gasteiger partial charge in [-0.15, -0.1) is 10.2 Å². The van der Waals surface area contributed by atoms with Crippen LogP contribution >= 0.6 is 0 Å². The van der Waals surface area contributed by atoms with Crippen molar-refractivity contribution in [3.05, 3.63) is 12.7 Å². The van der Waals surface area contributed by atoms with Gasteiger partial charge in [-0.3, -0.25) is 9.59 Å². The second-order valence-corrected chi connectivity index (χ2v) is 8.37. The number of hydrogen-bond acceptors (Lipinski definition) is 4. The predicted octanol–water partition coefficient (Wildman–Crippen LogP) is 1.95. The normalized spacial score (nSPS) is 23.9. The van der Waals surface area contributed by atoms with E-state index in [4.69, 9.17) is 0 Å². The van der Waals surface area contributed by atoms with E-state index in [0.717, 1.165) is 51.9 Å². The van der Waals surface area contributed by atoms with E-state index >= 15 is 0 Å². The summed E-state index contributed by atoms with van der Waals surface area (Å²) in [6.07, 6.45) is 8.50. The van der Waals surface area contributed by atoms with Crippen LogP contribution in [-0.4, -0.2) is 62.6 Å². The first-order valence-electron chi connectivity index (χ1n) is 9.85. The van der Waals surface area contributed by atoms with E-state index in [1.54, 1.807) is 12.7 Å².